The van der Waals surface area contributed by atoms with Crippen LogP contribution in [-0.4, -0.2) is 25.3 Å². The van der Waals surface area contributed by atoms with Crippen molar-refractivity contribution in [1.29, 1.82) is 0 Å². The smallest absolute Gasteiger partial charge is 0.341 e. The van der Waals surface area contributed by atoms with Crippen molar-refractivity contribution in [2.45, 2.75) is 6.61 Å². The highest BCUT2D eigenvalue weighted by atomic mass is 16.5. The molecule has 0 fully saturated rings. The van der Waals surface area contributed by atoms with Gasteiger partial charge in [0.05, 0.1) is 14.2 Å². The molecule has 0 atom stereocenters. The second-order valence-electron chi connectivity index (χ2n) is 4.26. The lowest BCUT2D eigenvalue weighted by atomic mass is 10.1. The van der Waals surface area contributed by atoms with Gasteiger partial charge >= 0.3 is 5.97 Å². The van der Waals surface area contributed by atoms with Crippen LogP contribution in [0.25, 0.3) is 0 Å². The van der Waals surface area contributed by atoms with Crippen molar-refractivity contribution in [3.05, 3.63) is 53.6 Å². The highest BCUT2D eigenvalue weighted by molar-refractivity contribution is 5.93. The van der Waals surface area contributed by atoms with Gasteiger partial charge in [0.15, 0.2) is 11.5 Å². The third kappa shape index (κ3) is 3.25. The normalized spacial score (nSPS) is 10.0. The summed E-state index contributed by atoms with van der Waals surface area (Å²) in [5.41, 5.74) is 0.962. The molecule has 0 unspecified atom stereocenters. The van der Waals surface area contributed by atoms with Crippen LogP contribution in [0.4, 0.5) is 0 Å². The molecule has 2 aromatic carbocycles. The van der Waals surface area contributed by atoms with E-state index in [9.17, 15) is 9.90 Å². The van der Waals surface area contributed by atoms with Crippen LogP contribution >= 0.6 is 0 Å². The maximum atomic E-state index is 11.6. The summed E-state index contributed by atoms with van der Waals surface area (Å²) in [7, 11) is 2.71. The van der Waals surface area contributed by atoms with Crippen LogP contribution < -0.4 is 9.47 Å². The van der Waals surface area contributed by atoms with E-state index in [-0.39, 0.29) is 23.7 Å². The number of hydrogen-bond donors (Lipinski definition) is 1. The van der Waals surface area contributed by atoms with Gasteiger partial charge in [-0.25, -0.2) is 4.79 Å². The van der Waals surface area contributed by atoms with E-state index in [2.05, 4.69) is 4.74 Å². The number of carbonyl (C=O) groups excluding carboxylic acids is 1. The molecule has 0 radical (unpaired) electrons. The third-order valence-electron chi connectivity index (χ3n) is 2.95. The molecule has 1 N–H and O–H groups in total. The predicted molar refractivity (Wildman–Crippen MR) is 76.8 cm³/mol. The van der Waals surface area contributed by atoms with Gasteiger partial charge in [0.1, 0.15) is 12.2 Å². The molecule has 5 heteroatoms. The Kier molecular flexibility index (Phi) is 4.66. The fourth-order valence-electron chi connectivity index (χ4n) is 1.86. The Morgan fingerprint density at radius 1 is 1.10 bits per heavy atom. The third-order valence-corrected chi connectivity index (χ3v) is 2.95. The molecule has 0 amide bonds. The van der Waals surface area contributed by atoms with Crippen molar-refractivity contribution in [3.63, 3.8) is 0 Å². The first-order chi connectivity index (χ1) is 10.2. The number of rotatable bonds is 5. The molecule has 0 aliphatic rings. The average molecular weight is 288 g/mol. The Balaban J connectivity index is 2.30. The minimum Gasteiger partial charge on any atom is -0.504 e. The number of carbonyl (C=O) groups is 1. The van der Waals surface area contributed by atoms with Gasteiger partial charge in [-0.3, -0.25) is 0 Å². The first-order valence-corrected chi connectivity index (χ1v) is 6.32. The van der Waals surface area contributed by atoms with E-state index in [0.29, 0.717) is 5.75 Å². The molecule has 0 aliphatic heterocycles. The summed E-state index contributed by atoms with van der Waals surface area (Å²) in [5.74, 6) is -0.475. The van der Waals surface area contributed by atoms with Crippen molar-refractivity contribution < 1.29 is 24.1 Å². The van der Waals surface area contributed by atoms with Gasteiger partial charge in [-0.2, -0.15) is 0 Å². The van der Waals surface area contributed by atoms with Gasteiger partial charge in [0, 0.05) is 0 Å². The largest absolute Gasteiger partial charge is 0.504 e. The van der Waals surface area contributed by atoms with Crippen LogP contribution in [0.5, 0.6) is 17.2 Å². The van der Waals surface area contributed by atoms with E-state index in [1.807, 2.05) is 30.3 Å². The fourth-order valence-corrected chi connectivity index (χ4v) is 1.86. The molecule has 0 bridgehead atoms. The zero-order valence-electron chi connectivity index (χ0n) is 11.8. The fraction of sp³-hybridized carbons (Fsp3) is 0.188. The monoisotopic (exact) mass is 288 g/mol. The Morgan fingerprint density at radius 2 is 1.81 bits per heavy atom. The standard InChI is InChI=1S/C16H16O5/c1-19-13-9-8-12(16(18)20-2)14(17)15(13)21-10-11-6-4-3-5-7-11/h3-9,17H,10H2,1-2H3. The summed E-state index contributed by atoms with van der Waals surface area (Å²) in [6.45, 7) is 0.245. The number of aromatic hydroxyl groups is 1. The maximum absolute atomic E-state index is 11.6. The van der Waals surface area contributed by atoms with Crippen LogP contribution in [0, 0.1) is 0 Å². The first kappa shape index (κ1) is 14.7. The van der Waals surface area contributed by atoms with E-state index in [0.717, 1.165) is 5.56 Å². The highest BCUT2D eigenvalue weighted by Gasteiger charge is 2.20. The predicted octanol–water partition coefficient (Wildman–Crippen LogP) is 2.77. The highest BCUT2D eigenvalue weighted by Crippen LogP contribution is 2.39. The van der Waals surface area contributed by atoms with Crippen molar-refractivity contribution in [2.24, 2.45) is 0 Å². The molecule has 21 heavy (non-hydrogen) atoms. The average Bonchev–Trinajstić information content (AvgIpc) is 2.53. The Labute approximate surface area is 122 Å². The second-order valence-corrected chi connectivity index (χ2v) is 4.26. The summed E-state index contributed by atoms with van der Waals surface area (Å²) in [4.78, 5) is 11.6. The molecular weight excluding hydrogens is 272 g/mol. The number of esters is 1. The van der Waals surface area contributed by atoms with E-state index < -0.39 is 5.97 Å². The van der Waals surface area contributed by atoms with Crippen LogP contribution in [0.3, 0.4) is 0 Å². The van der Waals surface area contributed by atoms with E-state index >= 15 is 0 Å². The minimum absolute atomic E-state index is 0.0290. The van der Waals surface area contributed by atoms with Crippen LogP contribution in [0.15, 0.2) is 42.5 Å². The zero-order chi connectivity index (χ0) is 15.2. The molecule has 2 rings (SSSR count). The number of benzene rings is 2. The van der Waals surface area contributed by atoms with Gasteiger partial charge < -0.3 is 19.3 Å². The van der Waals surface area contributed by atoms with E-state index in [4.69, 9.17) is 9.47 Å². The molecule has 0 heterocycles. The number of phenolic OH excluding ortho intramolecular Hbond substituents is 1. The van der Waals surface area contributed by atoms with Gasteiger partial charge in [-0.05, 0) is 17.7 Å². The molecule has 0 saturated carbocycles. The molecule has 0 saturated heterocycles. The lowest BCUT2D eigenvalue weighted by Crippen LogP contribution is -2.04. The van der Waals surface area contributed by atoms with Gasteiger partial charge in [0.25, 0.3) is 0 Å². The number of methoxy groups -OCH3 is 2. The number of ether oxygens (including phenoxy) is 3. The molecule has 5 nitrogen and oxygen atoms in total. The number of phenols is 1. The summed E-state index contributed by atoms with van der Waals surface area (Å²) < 4.78 is 15.4. The van der Waals surface area contributed by atoms with Crippen molar-refractivity contribution in [2.75, 3.05) is 14.2 Å². The Morgan fingerprint density at radius 3 is 2.43 bits per heavy atom. The van der Waals surface area contributed by atoms with Gasteiger partial charge in [-0.15, -0.1) is 0 Å². The van der Waals surface area contributed by atoms with E-state index in [1.54, 1.807) is 6.07 Å². The molecule has 0 aliphatic carbocycles. The lowest BCUT2D eigenvalue weighted by Gasteiger charge is -2.14. The van der Waals surface area contributed by atoms with Gasteiger partial charge in [0.2, 0.25) is 5.75 Å². The van der Waals surface area contributed by atoms with Crippen molar-refractivity contribution >= 4 is 5.97 Å². The maximum Gasteiger partial charge on any atom is 0.341 e. The molecule has 110 valence electrons. The Bertz CT molecular complexity index is 622. The Hall–Kier alpha value is -2.69. The van der Waals surface area contributed by atoms with Crippen molar-refractivity contribution in [3.8, 4) is 17.2 Å². The van der Waals surface area contributed by atoms with Crippen molar-refractivity contribution in [1.82, 2.24) is 0 Å². The van der Waals surface area contributed by atoms with Crippen LogP contribution in [-0.2, 0) is 11.3 Å². The SMILES string of the molecule is COC(=O)c1ccc(OC)c(OCc2ccccc2)c1O. The molecule has 2 aromatic rings. The van der Waals surface area contributed by atoms with Crippen LogP contribution in [0.1, 0.15) is 15.9 Å². The van der Waals surface area contributed by atoms with E-state index in [1.165, 1.54) is 20.3 Å². The van der Waals surface area contributed by atoms with Crippen LogP contribution in [0.2, 0.25) is 0 Å². The molecular formula is C16H16O5. The molecule has 0 spiro atoms. The second kappa shape index (κ2) is 6.65. The first-order valence-electron chi connectivity index (χ1n) is 6.32. The van der Waals surface area contributed by atoms with Gasteiger partial charge in [-0.1, -0.05) is 30.3 Å². The summed E-state index contributed by atoms with van der Waals surface area (Å²) >= 11 is 0. The summed E-state index contributed by atoms with van der Waals surface area (Å²) in [6, 6.07) is 12.4. The zero-order valence-corrected chi connectivity index (χ0v) is 11.8. The summed E-state index contributed by atoms with van der Waals surface area (Å²) in [5, 5.41) is 10.2. The summed E-state index contributed by atoms with van der Waals surface area (Å²) in [6.07, 6.45) is 0. The molecule has 0 aromatic heterocycles. The topological polar surface area (TPSA) is 65.0 Å². The minimum atomic E-state index is -0.639. The number of hydrogen-bond acceptors (Lipinski definition) is 5. The quantitative estimate of drug-likeness (QED) is 0.857. The lowest BCUT2D eigenvalue weighted by molar-refractivity contribution is 0.0596.